The number of hydrogen-bond acceptors (Lipinski definition) is 7. The zero-order valence-corrected chi connectivity index (χ0v) is 9.87. The fourth-order valence-corrected chi connectivity index (χ4v) is 1.79. The molecule has 0 amide bonds. The number of rotatable bonds is 3. The summed E-state index contributed by atoms with van der Waals surface area (Å²) in [5.74, 6) is 0.413. The summed E-state index contributed by atoms with van der Waals surface area (Å²) in [6, 6.07) is 0. The molecule has 0 aliphatic carbocycles. The van der Waals surface area contributed by atoms with Gasteiger partial charge in [0.05, 0.1) is 26.2 Å². The van der Waals surface area contributed by atoms with Crippen LogP contribution in [0.25, 0.3) is 0 Å². The topological polar surface area (TPSA) is 82.4 Å². The Morgan fingerprint density at radius 1 is 1.65 bits per heavy atom. The maximum Gasteiger partial charge on any atom is 0.308 e. The Balaban J connectivity index is 1.98. The quantitative estimate of drug-likeness (QED) is 0.626. The molecule has 1 atom stereocenters. The number of morpholine rings is 1. The van der Waals surface area contributed by atoms with Gasteiger partial charge in [0.25, 0.3) is 0 Å². The van der Waals surface area contributed by atoms with Crippen LogP contribution >= 0.6 is 0 Å². The highest BCUT2D eigenvalue weighted by atomic mass is 16.5. The minimum absolute atomic E-state index is 0.173. The van der Waals surface area contributed by atoms with E-state index in [0.717, 1.165) is 0 Å². The Hall–Kier alpha value is -1.70. The molecule has 0 saturated carbocycles. The predicted octanol–water partition coefficient (Wildman–Crippen LogP) is -1.02. The standard InChI is InChI=1S/C9H15N5O3/c1-13-9(10-11-12-13)14-3-4-17-7(6-14)5-8(15)16-2/h7H,3-6H2,1-2H3. The van der Waals surface area contributed by atoms with Gasteiger partial charge in [0, 0.05) is 20.1 Å². The number of ether oxygens (including phenoxy) is 2. The first kappa shape index (κ1) is 11.8. The summed E-state index contributed by atoms with van der Waals surface area (Å²) in [6.07, 6.45) is 0.0751. The molecule has 1 saturated heterocycles. The first-order valence-electron chi connectivity index (χ1n) is 5.36. The molecule has 1 aromatic rings. The third kappa shape index (κ3) is 2.70. The van der Waals surface area contributed by atoms with Gasteiger partial charge in [-0.3, -0.25) is 4.79 Å². The molecule has 1 unspecified atom stereocenters. The maximum absolute atomic E-state index is 11.2. The first-order valence-corrected chi connectivity index (χ1v) is 5.36. The van der Waals surface area contributed by atoms with E-state index >= 15 is 0 Å². The van der Waals surface area contributed by atoms with Crippen molar-refractivity contribution in [2.24, 2.45) is 7.05 Å². The Bertz CT molecular complexity index is 394. The van der Waals surface area contributed by atoms with Crippen LogP contribution in [0.1, 0.15) is 6.42 Å². The van der Waals surface area contributed by atoms with Gasteiger partial charge in [0.15, 0.2) is 0 Å². The number of tetrazole rings is 1. The van der Waals surface area contributed by atoms with Crippen LogP contribution in [0, 0.1) is 0 Å². The predicted molar refractivity (Wildman–Crippen MR) is 57.4 cm³/mol. The van der Waals surface area contributed by atoms with Gasteiger partial charge < -0.3 is 14.4 Å². The molecular weight excluding hydrogens is 226 g/mol. The summed E-state index contributed by atoms with van der Waals surface area (Å²) >= 11 is 0. The van der Waals surface area contributed by atoms with Crippen molar-refractivity contribution in [2.75, 3.05) is 31.7 Å². The smallest absolute Gasteiger partial charge is 0.308 e. The second-order valence-corrected chi connectivity index (χ2v) is 3.82. The molecule has 0 radical (unpaired) electrons. The minimum Gasteiger partial charge on any atom is -0.469 e. The van der Waals surface area contributed by atoms with E-state index in [1.54, 1.807) is 11.7 Å². The highest BCUT2D eigenvalue weighted by Crippen LogP contribution is 2.14. The number of esters is 1. The van der Waals surface area contributed by atoms with Gasteiger partial charge in [-0.2, -0.15) is 0 Å². The van der Waals surface area contributed by atoms with Crippen LogP contribution in [-0.4, -0.2) is 59.1 Å². The normalized spacial score (nSPS) is 20.4. The van der Waals surface area contributed by atoms with Gasteiger partial charge in [-0.25, -0.2) is 4.68 Å². The molecule has 8 heteroatoms. The number of aryl methyl sites for hydroxylation is 1. The Labute approximate surface area is 98.5 Å². The molecule has 0 N–H and O–H groups in total. The third-order valence-corrected chi connectivity index (χ3v) is 2.64. The molecule has 1 aliphatic rings. The third-order valence-electron chi connectivity index (χ3n) is 2.64. The summed E-state index contributed by atoms with van der Waals surface area (Å²) in [6.45, 7) is 1.85. The van der Waals surface area contributed by atoms with Crippen LogP contribution in [0.2, 0.25) is 0 Å². The highest BCUT2D eigenvalue weighted by Gasteiger charge is 2.25. The fraction of sp³-hybridized carbons (Fsp3) is 0.778. The number of carbonyl (C=O) groups is 1. The molecule has 2 heterocycles. The van der Waals surface area contributed by atoms with Crippen LogP contribution in [0.5, 0.6) is 0 Å². The van der Waals surface area contributed by atoms with E-state index in [4.69, 9.17) is 4.74 Å². The number of nitrogens with zero attached hydrogens (tertiary/aromatic N) is 5. The van der Waals surface area contributed by atoms with Crippen molar-refractivity contribution in [3.8, 4) is 0 Å². The lowest BCUT2D eigenvalue weighted by Gasteiger charge is -2.32. The van der Waals surface area contributed by atoms with Crippen LogP contribution in [0.15, 0.2) is 0 Å². The maximum atomic E-state index is 11.2. The molecule has 94 valence electrons. The van der Waals surface area contributed by atoms with Crippen molar-refractivity contribution in [3.63, 3.8) is 0 Å². The number of methoxy groups -OCH3 is 1. The summed E-state index contributed by atoms with van der Waals surface area (Å²) in [4.78, 5) is 13.2. The van der Waals surface area contributed by atoms with E-state index < -0.39 is 0 Å². The Morgan fingerprint density at radius 3 is 3.12 bits per heavy atom. The molecule has 1 aromatic heterocycles. The lowest BCUT2D eigenvalue weighted by atomic mass is 10.2. The van der Waals surface area contributed by atoms with Crippen molar-refractivity contribution in [2.45, 2.75) is 12.5 Å². The van der Waals surface area contributed by atoms with Gasteiger partial charge in [0.2, 0.25) is 5.95 Å². The van der Waals surface area contributed by atoms with E-state index in [9.17, 15) is 4.79 Å². The lowest BCUT2D eigenvalue weighted by Crippen LogP contribution is -2.44. The molecule has 0 spiro atoms. The molecule has 1 fully saturated rings. The summed E-state index contributed by atoms with van der Waals surface area (Å²) in [7, 11) is 3.15. The average Bonchev–Trinajstić information content (AvgIpc) is 2.75. The molecule has 17 heavy (non-hydrogen) atoms. The van der Waals surface area contributed by atoms with Crippen LogP contribution < -0.4 is 4.90 Å². The van der Waals surface area contributed by atoms with E-state index in [1.165, 1.54) is 7.11 Å². The van der Waals surface area contributed by atoms with Crippen molar-refractivity contribution in [1.82, 2.24) is 20.2 Å². The zero-order chi connectivity index (χ0) is 12.3. The number of hydrogen-bond donors (Lipinski definition) is 0. The summed E-state index contributed by atoms with van der Waals surface area (Å²) < 4.78 is 11.7. The SMILES string of the molecule is COC(=O)CC1CN(c2nnnn2C)CCO1. The fourth-order valence-electron chi connectivity index (χ4n) is 1.79. The number of anilines is 1. The van der Waals surface area contributed by atoms with Crippen molar-refractivity contribution in [1.29, 1.82) is 0 Å². The van der Waals surface area contributed by atoms with Crippen molar-refractivity contribution in [3.05, 3.63) is 0 Å². The first-order chi connectivity index (χ1) is 8.20. The average molecular weight is 241 g/mol. The minimum atomic E-state index is -0.270. The van der Waals surface area contributed by atoms with Gasteiger partial charge in [-0.15, -0.1) is 0 Å². The van der Waals surface area contributed by atoms with Crippen molar-refractivity contribution < 1.29 is 14.3 Å². The lowest BCUT2D eigenvalue weighted by molar-refractivity contribution is -0.144. The van der Waals surface area contributed by atoms with Gasteiger partial charge in [-0.05, 0) is 10.4 Å². The second kappa shape index (κ2) is 5.09. The molecule has 8 nitrogen and oxygen atoms in total. The molecule has 0 aromatic carbocycles. The van der Waals surface area contributed by atoms with E-state index in [2.05, 4.69) is 20.3 Å². The molecule has 0 bridgehead atoms. The molecule has 1 aliphatic heterocycles. The van der Waals surface area contributed by atoms with E-state index in [-0.39, 0.29) is 18.5 Å². The summed E-state index contributed by atoms with van der Waals surface area (Å²) in [5, 5.41) is 11.3. The van der Waals surface area contributed by atoms with E-state index in [0.29, 0.717) is 25.6 Å². The number of aromatic nitrogens is 4. The van der Waals surface area contributed by atoms with Crippen LogP contribution in [0.4, 0.5) is 5.95 Å². The summed E-state index contributed by atoms with van der Waals surface area (Å²) in [5.41, 5.74) is 0. The van der Waals surface area contributed by atoms with Gasteiger partial charge in [0.1, 0.15) is 0 Å². The zero-order valence-electron chi connectivity index (χ0n) is 9.87. The van der Waals surface area contributed by atoms with E-state index in [1.807, 2.05) is 4.90 Å². The van der Waals surface area contributed by atoms with Crippen LogP contribution in [-0.2, 0) is 21.3 Å². The molecule has 2 rings (SSSR count). The largest absolute Gasteiger partial charge is 0.469 e. The van der Waals surface area contributed by atoms with Gasteiger partial charge in [-0.1, -0.05) is 5.10 Å². The van der Waals surface area contributed by atoms with Crippen molar-refractivity contribution >= 4 is 11.9 Å². The second-order valence-electron chi connectivity index (χ2n) is 3.82. The number of carbonyl (C=O) groups excluding carboxylic acids is 1. The highest BCUT2D eigenvalue weighted by molar-refractivity contribution is 5.69. The monoisotopic (exact) mass is 241 g/mol. The molecular formula is C9H15N5O3. The Morgan fingerprint density at radius 2 is 2.47 bits per heavy atom. The Kier molecular flexibility index (Phi) is 3.52. The van der Waals surface area contributed by atoms with Gasteiger partial charge >= 0.3 is 5.97 Å². The van der Waals surface area contributed by atoms with Crippen LogP contribution in [0.3, 0.4) is 0 Å².